The summed E-state index contributed by atoms with van der Waals surface area (Å²) in [5.41, 5.74) is -0.364. The zero-order valence-corrected chi connectivity index (χ0v) is 18.4. The molecule has 1 atom stereocenters. The van der Waals surface area contributed by atoms with E-state index < -0.39 is 23.0 Å². The maximum absolute atomic E-state index is 12.2. The van der Waals surface area contributed by atoms with Crippen molar-refractivity contribution >= 4 is 52.7 Å². The van der Waals surface area contributed by atoms with Gasteiger partial charge in [-0.2, -0.15) is 0 Å². The zero-order chi connectivity index (χ0) is 21.8. The van der Waals surface area contributed by atoms with Crippen LogP contribution in [0.5, 0.6) is 0 Å². The minimum absolute atomic E-state index is 0.0434. The van der Waals surface area contributed by atoms with E-state index in [0.29, 0.717) is 0 Å². The Hall–Kier alpha value is -2.16. The lowest BCUT2D eigenvalue weighted by molar-refractivity contribution is 0.0516. The molecule has 0 aromatic carbocycles. The number of amides is 1. The van der Waals surface area contributed by atoms with Crippen LogP contribution in [0.1, 0.15) is 54.8 Å². The molecule has 0 aliphatic carbocycles. The number of alkyl halides is 1. The third kappa shape index (κ3) is 6.16. The molecule has 1 amide bonds. The van der Waals surface area contributed by atoms with Gasteiger partial charge in [-0.25, -0.2) is 19.6 Å². The van der Waals surface area contributed by atoms with Gasteiger partial charge in [-0.05, 0) is 33.8 Å². The van der Waals surface area contributed by atoms with Crippen molar-refractivity contribution in [3.05, 3.63) is 45.6 Å². The Morgan fingerprint density at radius 3 is 2.48 bits per heavy atom. The van der Waals surface area contributed by atoms with Gasteiger partial charge < -0.3 is 9.47 Å². The number of halogens is 3. The van der Waals surface area contributed by atoms with Crippen LogP contribution in [0.2, 0.25) is 10.2 Å². The van der Waals surface area contributed by atoms with E-state index >= 15 is 0 Å². The largest absolute Gasteiger partial charge is 0.461 e. The summed E-state index contributed by atoms with van der Waals surface area (Å²) in [6.45, 7) is 6.99. The van der Waals surface area contributed by atoms with E-state index in [-0.39, 0.29) is 39.6 Å². The van der Waals surface area contributed by atoms with Crippen LogP contribution in [-0.4, -0.2) is 39.2 Å². The summed E-state index contributed by atoms with van der Waals surface area (Å²) in [6, 6.07) is 1.42. The number of nitrogens with one attached hydrogen (secondary N) is 1. The number of carbonyl (C=O) groups excluding carboxylic acids is 2. The predicted octanol–water partition coefficient (Wildman–Crippen LogP) is 5.03. The van der Waals surface area contributed by atoms with Crippen molar-refractivity contribution in [1.29, 1.82) is 0 Å². The lowest BCUT2D eigenvalue weighted by atomic mass is 10.1. The maximum Gasteiger partial charge on any atom is 0.413 e. The van der Waals surface area contributed by atoms with Gasteiger partial charge in [-0.3, -0.25) is 10.3 Å². The van der Waals surface area contributed by atoms with E-state index in [1.54, 1.807) is 27.7 Å². The van der Waals surface area contributed by atoms with E-state index in [1.807, 2.05) is 0 Å². The quantitative estimate of drug-likeness (QED) is 0.378. The molecule has 0 fully saturated rings. The maximum atomic E-state index is 12.2. The average molecular weight is 462 g/mol. The number of aromatic nitrogens is 3. The number of esters is 1. The Kier molecular flexibility index (Phi) is 7.62. The van der Waals surface area contributed by atoms with Crippen LogP contribution in [0.3, 0.4) is 0 Å². The summed E-state index contributed by atoms with van der Waals surface area (Å²) >= 11 is 18.9. The van der Waals surface area contributed by atoms with Crippen molar-refractivity contribution in [2.75, 3.05) is 11.9 Å². The summed E-state index contributed by atoms with van der Waals surface area (Å²) in [4.78, 5) is 36.3. The highest BCUT2D eigenvalue weighted by atomic mass is 35.5. The SMILES string of the molecule is CCOC(=O)c1nccnc1C(Cl)c1cc(NC(=O)OC(C)(C)C)nc(Cl)c1Cl. The van der Waals surface area contributed by atoms with Crippen LogP contribution in [0.4, 0.5) is 10.6 Å². The fourth-order valence-corrected chi connectivity index (χ4v) is 3.01. The van der Waals surface area contributed by atoms with Gasteiger partial charge in [0.2, 0.25) is 0 Å². The molecule has 0 bridgehead atoms. The molecule has 0 aliphatic rings. The van der Waals surface area contributed by atoms with Crippen molar-refractivity contribution in [2.45, 2.75) is 38.7 Å². The van der Waals surface area contributed by atoms with Crippen LogP contribution in [-0.2, 0) is 9.47 Å². The van der Waals surface area contributed by atoms with Crippen LogP contribution in [0.15, 0.2) is 18.5 Å². The van der Waals surface area contributed by atoms with Crippen LogP contribution >= 0.6 is 34.8 Å². The second kappa shape index (κ2) is 9.56. The van der Waals surface area contributed by atoms with Crippen LogP contribution in [0, 0.1) is 0 Å². The van der Waals surface area contributed by atoms with E-state index in [0.717, 1.165) is 0 Å². The molecule has 11 heteroatoms. The first kappa shape index (κ1) is 23.1. The van der Waals surface area contributed by atoms with E-state index in [1.165, 1.54) is 18.5 Å². The van der Waals surface area contributed by atoms with Crippen molar-refractivity contribution in [2.24, 2.45) is 0 Å². The first-order valence-corrected chi connectivity index (χ1v) is 9.70. The minimum Gasteiger partial charge on any atom is -0.461 e. The molecular weight excluding hydrogens is 443 g/mol. The van der Waals surface area contributed by atoms with Gasteiger partial charge in [0.1, 0.15) is 21.9 Å². The van der Waals surface area contributed by atoms with Crippen molar-refractivity contribution in [1.82, 2.24) is 15.0 Å². The number of rotatable bonds is 5. The van der Waals surface area contributed by atoms with Crippen molar-refractivity contribution < 1.29 is 19.1 Å². The van der Waals surface area contributed by atoms with Gasteiger partial charge in [0, 0.05) is 18.0 Å². The summed E-state index contributed by atoms with van der Waals surface area (Å²) in [5, 5.41) is 1.40. The number of hydrogen-bond donors (Lipinski definition) is 1. The molecular formula is C18H19Cl3N4O4. The fourth-order valence-electron chi connectivity index (χ4n) is 2.21. The van der Waals surface area contributed by atoms with Gasteiger partial charge in [-0.15, -0.1) is 11.6 Å². The number of hydrogen-bond acceptors (Lipinski definition) is 7. The molecule has 0 spiro atoms. The Bertz CT molecular complexity index is 918. The second-order valence-electron chi connectivity index (χ2n) is 6.70. The van der Waals surface area contributed by atoms with Crippen molar-refractivity contribution in [3.63, 3.8) is 0 Å². The molecule has 2 heterocycles. The summed E-state index contributed by atoms with van der Waals surface area (Å²) < 4.78 is 10.2. The van der Waals surface area contributed by atoms with E-state index in [4.69, 9.17) is 44.3 Å². The Balaban J connectivity index is 2.41. The normalized spacial score (nSPS) is 12.2. The number of carbonyl (C=O) groups is 2. The molecule has 0 saturated carbocycles. The molecule has 2 rings (SSSR count). The second-order valence-corrected chi connectivity index (χ2v) is 7.87. The highest BCUT2D eigenvalue weighted by Crippen LogP contribution is 2.38. The summed E-state index contributed by atoms with van der Waals surface area (Å²) in [5.74, 6) is -0.611. The number of ether oxygens (including phenoxy) is 2. The summed E-state index contributed by atoms with van der Waals surface area (Å²) in [6.07, 6.45) is 1.99. The third-order valence-corrected chi connectivity index (χ3v) is 4.49. The van der Waals surface area contributed by atoms with Gasteiger partial charge in [0.05, 0.1) is 17.3 Å². The van der Waals surface area contributed by atoms with E-state index in [9.17, 15) is 9.59 Å². The molecule has 1 unspecified atom stereocenters. The number of nitrogens with zero attached hydrogens (tertiary/aromatic N) is 3. The van der Waals surface area contributed by atoms with Gasteiger partial charge in [0.25, 0.3) is 0 Å². The lowest BCUT2D eigenvalue weighted by Gasteiger charge is -2.20. The molecule has 29 heavy (non-hydrogen) atoms. The molecule has 2 aromatic heterocycles. The standard InChI is InChI=1S/C18H19Cl3N4O4/c1-5-28-16(26)14-13(22-6-7-23-14)11(19)9-8-10(24-15(21)12(9)20)25-17(27)29-18(2,3)4/h6-8,11H,5H2,1-4H3,(H,24,25,27). The molecule has 2 aromatic rings. The highest BCUT2D eigenvalue weighted by Gasteiger charge is 2.27. The van der Waals surface area contributed by atoms with Gasteiger partial charge in [0.15, 0.2) is 5.69 Å². The topological polar surface area (TPSA) is 103 Å². The van der Waals surface area contributed by atoms with Crippen LogP contribution in [0.25, 0.3) is 0 Å². The molecule has 0 aliphatic heterocycles. The Morgan fingerprint density at radius 1 is 1.21 bits per heavy atom. The van der Waals surface area contributed by atoms with Crippen LogP contribution < -0.4 is 5.32 Å². The first-order chi connectivity index (χ1) is 13.5. The molecule has 0 radical (unpaired) electrons. The van der Waals surface area contributed by atoms with Gasteiger partial charge >= 0.3 is 12.1 Å². The molecule has 156 valence electrons. The average Bonchev–Trinajstić information content (AvgIpc) is 2.62. The zero-order valence-electron chi connectivity index (χ0n) is 16.1. The Morgan fingerprint density at radius 2 is 1.86 bits per heavy atom. The highest BCUT2D eigenvalue weighted by molar-refractivity contribution is 6.42. The molecule has 1 N–H and O–H groups in total. The van der Waals surface area contributed by atoms with Gasteiger partial charge in [-0.1, -0.05) is 23.2 Å². The predicted molar refractivity (Wildman–Crippen MR) is 110 cm³/mol. The number of anilines is 1. The first-order valence-electron chi connectivity index (χ1n) is 8.51. The fraction of sp³-hybridized carbons (Fsp3) is 0.389. The summed E-state index contributed by atoms with van der Waals surface area (Å²) in [7, 11) is 0. The molecule has 8 nitrogen and oxygen atoms in total. The van der Waals surface area contributed by atoms with Crippen molar-refractivity contribution in [3.8, 4) is 0 Å². The minimum atomic E-state index is -1.02. The number of pyridine rings is 1. The lowest BCUT2D eigenvalue weighted by Crippen LogP contribution is -2.27. The molecule has 0 saturated heterocycles. The smallest absolute Gasteiger partial charge is 0.413 e. The third-order valence-electron chi connectivity index (χ3n) is 3.28. The monoisotopic (exact) mass is 460 g/mol. The Labute approximate surface area is 182 Å². The van der Waals surface area contributed by atoms with E-state index in [2.05, 4.69) is 20.3 Å².